The number of hydrogen-bond acceptors (Lipinski definition) is 6. The Balaban J connectivity index is 0.000000222. The third-order valence-corrected chi connectivity index (χ3v) is 10.7. The third kappa shape index (κ3) is 10.5. The van der Waals surface area contributed by atoms with Crippen molar-refractivity contribution in [3.63, 3.8) is 0 Å². The summed E-state index contributed by atoms with van der Waals surface area (Å²) in [5, 5.41) is 5.40. The van der Waals surface area contributed by atoms with Crippen LogP contribution in [0.25, 0.3) is 21.5 Å². The monoisotopic (exact) mass is 838 g/mol. The predicted octanol–water partition coefficient (Wildman–Crippen LogP) is 10.2. The number of halogens is 2. The van der Waals surface area contributed by atoms with Crippen molar-refractivity contribution in [3.05, 3.63) is 93.3 Å². The fourth-order valence-corrected chi connectivity index (χ4v) is 4.47. The minimum absolute atomic E-state index is 0.678. The predicted molar refractivity (Wildman–Crippen MR) is 179 cm³/mol. The number of rotatable bonds is 8. The van der Waals surface area contributed by atoms with E-state index in [1.807, 2.05) is 0 Å². The fraction of sp³-hybridized carbons (Fsp3) is 0.400. The quantitative estimate of drug-likeness (QED) is 0.101. The maximum atomic E-state index is 9.58. The normalized spacial score (nSPS) is 11.5. The molecule has 9 heteroatoms. The molecule has 6 nitrogen and oxygen atoms in total. The second kappa shape index (κ2) is 16.8. The number of aryl methyl sites for hydroxylation is 2. The van der Waals surface area contributed by atoms with Crippen molar-refractivity contribution in [3.8, 4) is 0 Å². The summed E-state index contributed by atoms with van der Waals surface area (Å²) >= 11 is 3.44. The van der Waals surface area contributed by atoms with Crippen molar-refractivity contribution >= 4 is 60.3 Å². The van der Waals surface area contributed by atoms with Gasteiger partial charge in [-0.2, -0.15) is 0 Å². The van der Waals surface area contributed by atoms with Gasteiger partial charge in [-0.1, -0.05) is 90.1 Å². The average Bonchev–Trinajstić information content (AvgIpc) is 2.93. The van der Waals surface area contributed by atoms with Crippen molar-refractivity contribution in [2.75, 3.05) is 0 Å². The van der Waals surface area contributed by atoms with Gasteiger partial charge in [0, 0.05) is 34.6 Å². The summed E-state index contributed by atoms with van der Waals surface area (Å²) in [5.41, 5.74) is 5.18. The third-order valence-electron chi connectivity index (χ3n) is 6.03. The molecular weight excluding hydrogens is 798 g/mol. The Bertz CT molecular complexity index is 1280. The topological polar surface area (TPSA) is 84.6 Å². The van der Waals surface area contributed by atoms with E-state index < -0.39 is 9.20 Å². The molecule has 4 aromatic rings. The Morgan fingerprint density at radius 1 is 0.667 bits per heavy atom. The molecule has 0 aliphatic carbocycles. The molecule has 0 N–H and O–H groups in total. The first kappa shape index (κ1) is 33.8. The van der Waals surface area contributed by atoms with E-state index in [1.54, 1.807) is 38.7 Å². The summed E-state index contributed by atoms with van der Waals surface area (Å²) in [7, 11) is -3.03. The SMILES string of the molecule is CCc1ncc(CC(C)C)c2ccccc12.CCc1ncc(CC(C)C)c2ccccc12.O=[N][Mo]([I])([I])[N]=O. The van der Waals surface area contributed by atoms with Crippen molar-refractivity contribution in [1.82, 2.24) is 9.97 Å². The molecule has 4 rings (SSSR count). The Morgan fingerprint density at radius 2 is 1.00 bits per heavy atom. The van der Waals surface area contributed by atoms with Gasteiger partial charge in [0.15, 0.2) is 0 Å². The van der Waals surface area contributed by atoms with Crippen LogP contribution in [0.15, 0.2) is 68.4 Å². The van der Waals surface area contributed by atoms with Crippen LogP contribution in [-0.4, -0.2) is 9.97 Å². The van der Waals surface area contributed by atoms with Crippen LogP contribution in [0.2, 0.25) is 0 Å². The van der Waals surface area contributed by atoms with Gasteiger partial charge in [0.25, 0.3) is 0 Å². The van der Waals surface area contributed by atoms with Gasteiger partial charge in [-0.25, -0.2) is 0 Å². The molecule has 210 valence electrons. The molecular formula is C30H38I2MoN4O2. The van der Waals surface area contributed by atoms with Crippen LogP contribution < -0.4 is 0 Å². The second-order valence-corrected chi connectivity index (χ2v) is 37.3. The molecule has 0 unspecified atom stereocenters. The Morgan fingerprint density at radius 3 is 1.26 bits per heavy atom. The molecule has 0 aliphatic rings. The number of nitroso groups, excluding NO2 is 2. The molecule has 0 spiro atoms. The molecule has 39 heavy (non-hydrogen) atoms. The van der Waals surface area contributed by atoms with Crippen molar-refractivity contribution < 1.29 is 9.20 Å². The first-order chi connectivity index (χ1) is 18.6. The van der Waals surface area contributed by atoms with Gasteiger partial charge in [-0.3, -0.25) is 9.97 Å². The minimum atomic E-state index is -3.03. The summed E-state index contributed by atoms with van der Waals surface area (Å²) in [6, 6.07) is 17.2. The molecule has 0 aliphatic heterocycles. The van der Waals surface area contributed by atoms with E-state index in [1.165, 1.54) is 44.1 Å². The van der Waals surface area contributed by atoms with Crippen LogP contribution in [0.3, 0.4) is 0 Å². The Labute approximate surface area is 257 Å². The summed E-state index contributed by atoms with van der Waals surface area (Å²) in [4.78, 5) is 28.3. The molecule has 2 aromatic heterocycles. The van der Waals surface area contributed by atoms with Gasteiger partial charge in [0.2, 0.25) is 0 Å². The van der Waals surface area contributed by atoms with Gasteiger partial charge in [-0.15, -0.1) is 0 Å². The zero-order valence-electron chi connectivity index (χ0n) is 23.5. The molecule has 0 saturated carbocycles. The number of benzene rings is 2. The van der Waals surface area contributed by atoms with Crippen LogP contribution in [0.1, 0.15) is 64.1 Å². The second-order valence-electron chi connectivity index (χ2n) is 10.0. The van der Waals surface area contributed by atoms with Gasteiger partial charge < -0.3 is 0 Å². The van der Waals surface area contributed by atoms with Crippen molar-refractivity contribution in [2.45, 2.75) is 67.2 Å². The van der Waals surface area contributed by atoms with E-state index in [9.17, 15) is 9.81 Å². The van der Waals surface area contributed by atoms with Crippen LogP contribution in [0.5, 0.6) is 0 Å². The molecule has 0 radical (unpaired) electrons. The van der Waals surface area contributed by atoms with Crippen LogP contribution in [0.4, 0.5) is 0 Å². The number of fused-ring (bicyclic) bond motifs is 2. The Kier molecular flexibility index (Phi) is 14.5. The average molecular weight is 836 g/mol. The maximum absolute atomic E-state index is 9.58. The summed E-state index contributed by atoms with van der Waals surface area (Å²) in [6.45, 7) is 13.3. The molecule has 0 atom stereocenters. The van der Waals surface area contributed by atoms with Gasteiger partial charge in [0.1, 0.15) is 0 Å². The number of aromatic nitrogens is 2. The van der Waals surface area contributed by atoms with Gasteiger partial charge >= 0.3 is 65.2 Å². The number of pyridine rings is 2. The number of hydrogen-bond donors (Lipinski definition) is 0. The van der Waals surface area contributed by atoms with E-state index >= 15 is 0 Å². The van der Waals surface area contributed by atoms with E-state index in [0.717, 1.165) is 25.7 Å². The van der Waals surface area contributed by atoms with Crippen molar-refractivity contribution in [1.29, 1.82) is 0 Å². The number of nitrogens with zero attached hydrogens (tertiary/aromatic N) is 4. The van der Waals surface area contributed by atoms with E-state index in [0.29, 0.717) is 11.8 Å². The zero-order valence-corrected chi connectivity index (χ0v) is 29.8. The molecule has 0 amide bonds. The van der Waals surface area contributed by atoms with E-state index in [-0.39, 0.29) is 0 Å². The van der Waals surface area contributed by atoms with Gasteiger partial charge in [-0.05, 0) is 59.4 Å². The standard InChI is InChI=1S/2C15H19N.2HI.Mo.2NO/c2*1-4-15-14-8-6-5-7-13(14)12(10-16-15)9-11(2)3;;;;2*1-2/h2*5-8,10-11H,4,9H2,1-3H3;2*1H;;;/q;;;;+4;2*-1/p-2. The Hall–Kier alpha value is -1.39. The molecule has 2 heterocycles. The van der Waals surface area contributed by atoms with E-state index in [2.05, 4.69) is 120 Å². The van der Waals surface area contributed by atoms with Crippen LogP contribution >= 0.6 is 38.7 Å². The van der Waals surface area contributed by atoms with Crippen LogP contribution in [-0.2, 0) is 34.9 Å². The van der Waals surface area contributed by atoms with Crippen molar-refractivity contribution in [2.24, 2.45) is 19.3 Å². The molecule has 0 bridgehead atoms. The molecule has 0 saturated heterocycles. The fourth-order valence-electron chi connectivity index (χ4n) is 4.40. The zero-order chi connectivity index (χ0) is 29.0. The summed E-state index contributed by atoms with van der Waals surface area (Å²) in [6.07, 6.45) is 8.34. The summed E-state index contributed by atoms with van der Waals surface area (Å²) in [5.74, 6) is 1.36. The molecule has 2 aromatic carbocycles. The first-order valence-electron chi connectivity index (χ1n) is 13.2. The van der Waals surface area contributed by atoms with E-state index in [4.69, 9.17) is 0 Å². The summed E-state index contributed by atoms with van der Waals surface area (Å²) < 4.78 is 5.15. The molecule has 0 fully saturated rings. The van der Waals surface area contributed by atoms with Crippen LogP contribution in [0, 0.1) is 21.6 Å². The first-order valence-corrected chi connectivity index (χ1v) is 26.9. The van der Waals surface area contributed by atoms with Gasteiger partial charge in [0.05, 0.1) is 0 Å².